The minimum absolute atomic E-state index is 0.163. The fraction of sp³-hybridized carbons (Fsp3) is 0.231. The second kappa shape index (κ2) is 11.3. The largest absolute Gasteiger partial charge is 0.496 e. The van der Waals surface area contributed by atoms with E-state index < -0.39 is 18.6 Å². The van der Waals surface area contributed by atoms with E-state index in [1.807, 2.05) is 54.9 Å². The van der Waals surface area contributed by atoms with Crippen LogP contribution in [0.15, 0.2) is 54.9 Å². The van der Waals surface area contributed by atoms with Crippen molar-refractivity contribution in [2.75, 3.05) is 20.8 Å². The summed E-state index contributed by atoms with van der Waals surface area (Å²) >= 11 is 0. The number of hydrogen-bond acceptors (Lipinski definition) is 6. The lowest BCUT2D eigenvalue weighted by Crippen LogP contribution is -2.39. The average molecular weight is 449 g/mol. The number of aliphatic carboxylic acids is 1. The van der Waals surface area contributed by atoms with E-state index in [9.17, 15) is 9.90 Å². The van der Waals surface area contributed by atoms with Crippen molar-refractivity contribution in [2.45, 2.75) is 19.5 Å². The van der Waals surface area contributed by atoms with Gasteiger partial charge < -0.3 is 19.7 Å². The maximum absolute atomic E-state index is 11.2. The van der Waals surface area contributed by atoms with Crippen LogP contribution in [0, 0.1) is 6.92 Å². The minimum atomic E-state index is -1.13. The highest BCUT2D eigenvalue weighted by Crippen LogP contribution is 2.32. The minimum Gasteiger partial charge on any atom is -0.496 e. The first kappa shape index (κ1) is 24.0. The molecule has 0 saturated carbocycles. The van der Waals surface area contributed by atoms with E-state index in [1.165, 1.54) is 0 Å². The summed E-state index contributed by atoms with van der Waals surface area (Å²) in [7, 11) is 3.09. The second-order valence-corrected chi connectivity index (χ2v) is 7.46. The highest BCUT2D eigenvalue weighted by molar-refractivity contribution is 5.77. The Balaban J connectivity index is 1.89. The van der Waals surface area contributed by atoms with Gasteiger partial charge in [-0.1, -0.05) is 42.5 Å². The average Bonchev–Trinajstić information content (AvgIpc) is 2.84. The topological polar surface area (TPSA) is 101 Å². The molecule has 7 heteroatoms. The number of benzene rings is 2. The molecule has 2 aromatic carbocycles. The number of methoxy groups -OCH3 is 2. The van der Waals surface area contributed by atoms with Gasteiger partial charge in [0.15, 0.2) is 0 Å². The SMILES string of the molecule is COc1cc(C=Cc2cncc(-c3ccccc3)c2C)cc(OC)c1CNC(CO)C(=O)O. The summed E-state index contributed by atoms with van der Waals surface area (Å²) < 4.78 is 11.1. The van der Waals surface area contributed by atoms with Crippen LogP contribution < -0.4 is 14.8 Å². The van der Waals surface area contributed by atoms with Crippen LogP contribution in [0.25, 0.3) is 23.3 Å². The Morgan fingerprint density at radius 3 is 2.33 bits per heavy atom. The lowest BCUT2D eigenvalue weighted by molar-refractivity contribution is -0.140. The molecule has 0 aliphatic carbocycles. The van der Waals surface area contributed by atoms with Gasteiger partial charge in [0.2, 0.25) is 0 Å². The Bertz CT molecular complexity index is 1100. The number of carboxylic acid groups (broad SMARTS) is 1. The molecule has 3 N–H and O–H groups in total. The number of aliphatic hydroxyl groups excluding tert-OH is 1. The maximum Gasteiger partial charge on any atom is 0.323 e. The zero-order valence-corrected chi connectivity index (χ0v) is 18.9. The number of carbonyl (C=O) groups is 1. The molecule has 33 heavy (non-hydrogen) atoms. The Morgan fingerprint density at radius 1 is 1.09 bits per heavy atom. The number of rotatable bonds is 10. The third-order valence-electron chi connectivity index (χ3n) is 5.43. The van der Waals surface area contributed by atoms with Gasteiger partial charge in [0.25, 0.3) is 0 Å². The number of nitrogens with zero attached hydrogens (tertiary/aromatic N) is 1. The van der Waals surface area contributed by atoms with Crippen molar-refractivity contribution in [1.29, 1.82) is 0 Å². The maximum atomic E-state index is 11.2. The molecule has 1 atom stereocenters. The summed E-state index contributed by atoms with van der Waals surface area (Å²) in [6.45, 7) is 1.71. The van der Waals surface area contributed by atoms with Gasteiger partial charge in [0.05, 0.1) is 20.8 Å². The predicted molar refractivity (Wildman–Crippen MR) is 128 cm³/mol. The summed E-state index contributed by atoms with van der Waals surface area (Å²) in [5.41, 5.74) is 5.82. The van der Waals surface area contributed by atoms with Crippen LogP contribution in [0.5, 0.6) is 11.5 Å². The summed E-state index contributed by atoms with van der Waals surface area (Å²) in [5.74, 6) is -0.0235. The van der Waals surface area contributed by atoms with Crippen LogP contribution in [0.4, 0.5) is 0 Å². The van der Waals surface area contributed by atoms with Gasteiger partial charge in [0, 0.05) is 30.1 Å². The highest BCUT2D eigenvalue weighted by Gasteiger charge is 2.18. The zero-order chi connectivity index (χ0) is 23.8. The second-order valence-electron chi connectivity index (χ2n) is 7.46. The first-order valence-corrected chi connectivity index (χ1v) is 10.5. The molecule has 0 radical (unpaired) electrons. The quantitative estimate of drug-likeness (QED) is 0.434. The van der Waals surface area contributed by atoms with Crippen molar-refractivity contribution in [3.8, 4) is 22.6 Å². The fourth-order valence-electron chi connectivity index (χ4n) is 3.53. The van der Waals surface area contributed by atoms with Crippen LogP contribution in [0.2, 0.25) is 0 Å². The first-order chi connectivity index (χ1) is 16.0. The summed E-state index contributed by atoms with van der Waals surface area (Å²) in [5, 5.41) is 21.2. The number of hydrogen-bond donors (Lipinski definition) is 3. The van der Waals surface area contributed by atoms with E-state index >= 15 is 0 Å². The molecule has 1 heterocycles. The van der Waals surface area contributed by atoms with Crippen LogP contribution in [0.1, 0.15) is 22.3 Å². The lowest BCUT2D eigenvalue weighted by atomic mass is 9.98. The summed E-state index contributed by atoms with van der Waals surface area (Å²) in [6, 6.07) is 12.8. The number of carboxylic acids is 1. The normalized spacial score (nSPS) is 12.0. The van der Waals surface area contributed by atoms with Crippen LogP contribution in [-0.4, -0.2) is 48.0 Å². The van der Waals surface area contributed by atoms with Crippen molar-refractivity contribution < 1.29 is 24.5 Å². The number of pyridine rings is 1. The standard InChI is InChI=1S/C26H28N2O5/c1-17-20(13-27-14-21(17)19-7-5-4-6-8-19)10-9-18-11-24(32-2)22(25(12-18)33-3)15-28-23(16-29)26(30)31/h4-14,23,28-29H,15-16H2,1-3H3,(H,30,31). The van der Waals surface area contributed by atoms with Gasteiger partial charge >= 0.3 is 5.97 Å². The van der Waals surface area contributed by atoms with E-state index in [0.717, 1.165) is 27.8 Å². The Morgan fingerprint density at radius 2 is 1.76 bits per heavy atom. The number of aliphatic hydroxyl groups is 1. The van der Waals surface area contributed by atoms with Gasteiger partial charge in [-0.05, 0) is 41.3 Å². The van der Waals surface area contributed by atoms with Gasteiger partial charge in [-0.3, -0.25) is 15.1 Å². The Hall–Kier alpha value is -3.68. The van der Waals surface area contributed by atoms with Crippen LogP contribution in [-0.2, 0) is 11.3 Å². The van der Waals surface area contributed by atoms with Crippen molar-refractivity contribution in [1.82, 2.24) is 10.3 Å². The van der Waals surface area contributed by atoms with Gasteiger partial charge in [-0.2, -0.15) is 0 Å². The Labute approximate surface area is 193 Å². The smallest absolute Gasteiger partial charge is 0.323 e. The summed E-state index contributed by atoms with van der Waals surface area (Å²) in [4.78, 5) is 15.6. The van der Waals surface area contributed by atoms with Crippen molar-refractivity contribution in [3.63, 3.8) is 0 Å². The van der Waals surface area contributed by atoms with Crippen LogP contribution in [0.3, 0.4) is 0 Å². The molecular formula is C26H28N2O5. The molecule has 1 unspecified atom stereocenters. The molecule has 1 aromatic heterocycles. The molecule has 0 fully saturated rings. The third kappa shape index (κ3) is 5.77. The molecule has 7 nitrogen and oxygen atoms in total. The van der Waals surface area contributed by atoms with Crippen molar-refractivity contribution >= 4 is 18.1 Å². The molecule has 3 aromatic rings. The molecule has 0 aliphatic rings. The highest BCUT2D eigenvalue weighted by atomic mass is 16.5. The third-order valence-corrected chi connectivity index (χ3v) is 5.43. The number of aromatic nitrogens is 1. The van der Waals surface area contributed by atoms with E-state index in [4.69, 9.17) is 14.6 Å². The van der Waals surface area contributed by atoms with Crippen molar-refractivity contribution in [2.24, 2.45) is 0 Å². The predicted octanol–water partition coefficient (Wildman–Crippen LogP) is 3.78. The van der Waals surface area contributed by atoms with E-state index in [1.54, 1.807) is 14.2 Å². The van der Waals surface area contributed by atoms with E-state index in [0.29, 0.717) is 17.1 Å². The molecule has 0 amide bonds. The number of nitrogens with one attached hydrogen (secondary N) is 1. The fourth-order valence-corrected chi connectivity index (χ4v) is 3.53. The zero-order valence-electron chi connectivity index (χ0n) is 18.9. The molecule has 3 rings (SSSR count). The molecule has 0 bridgehead atoms. The van der Waals surface area contributed by atoms with E-state index in [-0.39, 0.29) is 6.54 Å². The van der Waals surface area contributed by atoms with Gasteiger partial charge in [-0.25, -0.2) is 0 Å². The molecule has 0 aliphatic heterocycles. The lowest BCUT2D eigenvalue weighted by Gasteiger charge is -2.17. The number of ether oxygens (including phenoxy) is 2. The molecular weight excluding hydrogens is 420 g/mol. The van der Waals surface area contributed by atoms with Crippen LogP contribution >= 0.6 is 0 Å². The Kier molecular flexibility index (Phi) is 8.18. The van der Waals surface area contributed by atoms with Crippen molar-refractivity contribution in [3.05, 3.63) is 77.1 Å². The molecule has 0 saturated heterocycles. The first-order valence-electron chi connectivity index (χ1n) is 10.5. The molecule has 172 valence electrons. The van der Waals surface area contributed by atoms with E-state index in [2.05, 4.69) is 29.4 Å². The monoisotopic (exact) mass is 448 g/mol. The van der Waals surface area contributed by atoms with Gasteiger partial charge in [-0.15, -0.1) is 0 Å². The molecule has 0 spiro atoms. The summed E-state index contributed by atoms with van der Waals surface area (Å²) in [6.07, 6.45) is 7.64. The van der Waals surface area contributed by atoms with Gasteiger partial charge in [0.1, 0.15) is 17.5 Å².